The van der Waals surface area contributed by atoms with Gasteiger partial charge in [0, 0.05) is 19.8 Å². The van der Waals surface area contributed by atoms with E-state index >= 15 is 0 Å². The maximum Gasteiger partial charge on any atom is 0.408 e. The highest BCUT2D eigenvalue weighted by Gasteiger charge is 2.26. The standard InChI is InChI=1S/C27H34N2O7/c1-18(30)28-23(25(32)35-17-19-10-7-6-8-11-19)16-21-13-9-12-20(14-21)15-22(24(31)34-5)29-26(33)36-27(2,3)4/h6-14,22-23H,15-17H2,1-5H3,(H,28,30)(H,29,33)/t22-,23-/m1/s1. The highest BCUT2D eigenvalue weighted by atomic mass is 16.6. The average Bonchev–Trinajstić information content (AvgIpc) is 2.80. The molecule has 0 saturated carbocycles. The Bertz CT molecular complexity index is 1050. The van der Waals surface area contributed by atoms with Crippen LogP contribution in [0.1, 0.15) is 44.4 Å². The molecule has 0 aliphatic heterocycles. The van der Waals surface area contributed by atoms with Crippen molar-refractivity contribution >= 4 is 23.9 Å². The van der Waals surface area contributed by atoms with E-state index in [0.29, 0.717) is 0 Å². The third-order valence-corrected chi connectivity index (χ3v) is 4.93. The first-order valence-electron chi connectivity index (χ1n) is 11.6. The van der Waals surface area contributed by atoms with E-state index in [2.05, 4.69) is 10.6 Å². The van der Waals surface area contributed by atoms with Crippen molar-refractivity contribution in [2.75, 3.05) is 7.11 Å². The second kappa shape index (κ2) is 13.3. The minimum absolute atomic E-state index is 0.0902. The molecule has 2 atom stereocenters. The van der Waals surface area contributed by atoms with Gasteiger partial charge in [-0.3, -0.25) is 4.79 Å². The second-order valence-electron chi connectivity index (χ2n) is 9.30. The Morgan fingerprint density at radius 3 is 1.89 bits per heavy atom. The maximum absolute atomic E-state index is 12.7. The van der Waals surface area contributed by atoms with Crippen molar-refractivity contribution in [3.8, 4) is 0 Å². The molecule has 2 amide bonds. The number of carbonyl (C=O) groups is 4. The van der Waals surface area contributed by atoms with Crippen LogP contribution >= 0.6 is 0 Å². The van der Waals surface area contributed by atoms with Gasteiger partial charge in [0.2, 0.25) is 5.91 Å². The Balaban J connectivity index is 2.11. The van der Waals surface area contributed by atoms with Crippen LogP contribution in [0.3, 0.4) is 0 Å². The van der Waals surface area contributed by atoms with E-state index in [0.717, 1.165) is 16.7 Å². The number of amides is 2. The van der Waals surface area contributed by atoms with Crippen LogP contribution in [0.15, 0.2) is 54.6 Å². The van der Waals surface area contributed by atoms with E-state index < -0.39 is 35.7 Å². The number of hydrogen-bond donors (Lipinski definition) is 2. The molecule has 0 heterocycles. The fourth-order valence-corrected chi connectivity index (χ4v) is 3.41. The smallest absolute Gasteiger partial charge is 0.408 e. The third kappa shape index (κ3) is 10.2. The lowest BCUT2D eigenvalue weighted by Crippen LogP contribution is -2.45. The fourth-order valence-electron chi connectivity index (χ4n) is 3.41. The summed E-state index contributed by atoms with van der Waals surface area (Å²) in [7, 11) is 1.24. The van der Waals surface area contributed by atoms with Gasteiger partial charge < -0.3 is 24.8 Å². The van der Waals surface area contributed by atoms with Crippen molar-refractivity contribution in [1.29, 1.82) is 0 Å². The molecular formula is C27H34N2O7. The molecule has 2 aromatic carbocycles. The number of hydrogen-bond acceptors (Lipinski definition) is 7. The summed E-state index contributed by atoms with van der Waals surface area (Å²) in [5.74, 6) is -1.54. The highest BCUT2D eigenvalue weighted by Crippen LogP contribution is 2.13. The fraction of sp³-hybridized carbons (Fsp3) is 0.407. The van der Waals surface area contributed by atoms with E-state index in [1.165, 1.54) is 14.0 Å². The van der Waals surface area contributed by atoms with Crippen molar-refractivity contribution in [3.05, 3.63) is 71.3 Å². The summed E-state index contributed by atoms with van der Waals surface area (Å²) in [4.78, 5) is 48.9. The van der Waals surface area contributed by atoms with E-state index in [4.69, 9.17) is 14.2 Å². The van der Waals surface area contributed by atoms with Crippen LogP contribution in [-0.4, -0.2) is 48.7 Å². The van der Waals surface area contributed by atoms with Crippen molar-refractivity contribution in [3.63, 3.8) is 0 Å². The number of methoxy groups -OCH3 is 1. The van der Waals surface area contributed by atoms with Crippen molar-refractivity contribution in [1.82, 2.24) is 10.6 Å². The summed E-state index contributed by atoms with van der Waals surface area (Å²) in [5, 5.41) is 5.18. The van der Waals surface area contributed by atoms with Gasteiger partial charge in [-0.05, 0) is 37.5 Å². The molecule has 0 fully saturated rings. The molecule has 9 nitrogen and oxygen atoms in total. The lowest BCUT2D eigenvalue weighted by molar-refractivity contribution is -0.149. The molecule has 9 heteroatoms. The number of benzene rings is 2. The molecular weight excluding hydrogens is 464 g/mol. The zero-order valence-electron chi connectivity index (χ0n) is 21.3. The van der Waals surface area contributed by atoms with Crippen LogP contribution in [0.4, 0.5) is 4.79 Å². The van der Waals surface area contributed by atoms with Gasteiger partial charge in [0.25, 0.3) is 0 Å². The Labute approximate surface area is 211 Å². The van der Waals surface area contributed by atoms with Gasteiger partial charge in [0.05, 0.1) is 7.11 Å². The first-order chi connectivity index (χ1) is 17.0. The molecule has 0 spiro atoms. The highest BCUT2D eigenvalue weighted by molar-refractivity contribution is 5.83. The minimum Gasteiger partial charge on any atom is -0.467 e. The Morgan fingerprint density at radius 1 is 0.806 bits per heavy atom. The van der Waals surface area contributed by atoms with Crippen LogP contribution in [0, 0.1) is 0 Å². The second-order valence-corrected chi connectivity index (χ2v) is 9.30. The molecule has 0 saturated heterocycles. The Hall–Kier alpha value is -3.88. The van der Waals surface area contributed by atoms with Gasteiger partial charge in [-0.25, -0.2) is 14.4 Å². The van der Waals surface area contributed by atoms with Gasteiger partial charge >= 0.3 is 18.0 Å². The third-order valence-electron chi connectivity index (χ3n) is 4.93. The van der Waals surface area contributed by atoms with E-state index in [-0.39, 0.29) is 25.4 Å². The number of carbonyl (C=O) groups excluding carboxylic acids is 4. The molecule has 2 rings (SSSR count). The molecule has 0 unspecified atom stereocenters. The average molecular weight is 499 g/mol. The Kier molecular flexibility index (Phi) is 10.5. The largest absolute Gasteiger partial charge is 0.467 e. The summed E-state index contributed by atoms with van der Waals surface area (Å²) in [6, 6.07) is 14.5. The molecule has 194 valence electrons. The zero-order valence-corrected chi connectivity index (χ0v) is 21.3. The summed E-state index contributed by atoms with van der Waals surface area (Å²) in [5.41, 5.74) is 1.57. The Morgan fingerprint density at radius 2 is 1.36 bits per heavy atom. The summed E-state index contributed by atoms with van der Waals surface area (Å²) >= 11 is 0. The number of esters is 2. The number of rotatable bonds is 10. The lowest BCUT2D eigenvalue weighted by Gasteiger charge is -2.23. The predicted molar refractivity (Wildman–Crippen MR) is 133 cm³/mol. The molecule has 0 radical (unpaired) electrons. The van der Waals surface area contributed by atoms with Gasteiger partial charge in [-0.2, -0.15) is 0 Å². The first-order valence-corrected chi connectivity index (χ1v) is 11.6. The monoisotopic (exact) mass is 498 g/mol. The van der Waals surface area contributed by atoms with Crippen LogP contribution in [0.5, 0.6) is 0 Å². The van der Waals surface area contributed by atoms with Crippen molar-refractivity contribution in [2.24, 2.45) is 0 Å². The van der Waals surface area contributed by atoms with Crippen molar-refractivity contribution < 1.29 is 33.4 Å². The topological polar surface area (TPSA) is 120 Å². The van der Waals surface area contributed by atoms with Crippen LogP contribution in [0.25, 0.3) is 0 Å². The van der Waals surface area contributed by atoms with E-state index in [1.54, 1.807) is 45.0 Å². The molecule has 0 aromatic heterocycles. The lowest BCUT2D eigenvalue weighted by atomic mass is 9.99. The van der Waals surface area contributed by atoms with Crippen LogP contribution in [-0.2, 0) is 48.0 Å². The van der Waals surface area contributed by atoms with Gasteiger partial charge in [-0.1, -0.05) is 54.6 Å². The van der Waals surface area contributed by atoms with Gasteiger partial charge in [0.15, 0.2) is 0 Å². The normalized spacial score (nSPS) is 12.6. The molecule has 36 heavy (non-hydrogen) atoms. The van der Waals surface area contributed by atoms with Crippen LogP contribution in [0.2, 0.25) is 0 Å². The van der Waals surface area contributed by atoms with E-state index in [1.807, 2.05) is 30.3 Å². The summed E-state index contributed by atoms with van der Waals surface area (Å²) < 4.78 is 15.5. The predicted octanol–water partition coefficient (Wildman–Crippen LogP) is 3.09. The molecule has 0 bridgehead atoms. The van der Waals surface area contributed by atoms with Crippen molar-refractivity contribution in [2.45, 2.75) is 64.8 Å². The van der Waals surface area contributed by atoms with Crippen LogP contribution < -0.4 is 10.6 Å². The quantitative estimate of drug-likeness (QED) is 0.382. The number of nitrogens with one attached hydrogen (secondary N) is 2. The SMILES string of the molecule is COC(=O)[C@@H](Cc1cccc(C[C@@H](NC(C)=O)C(=O)OCc2ccccc2)c1)NC(=O)OC(C)(C)C. The molecule has 2 N–H and O–H groups in total. The minimum atomic E-state index is -0.970. The molecule has 0 aliphatic rings. The summed E-state index contributed by atoms with van der Waals surface area (Å²) in [6.07, 6.45) is -0.409. The summed E-state index contributed by atoms with van der Waals surface area (Å²) in [6.45, 7) is 6.59. The maximum atomic E-state index is 12.7. The molecule has 2 aromatic rings. The van der Waals surface area contributed by atoms with Gasteiger partial charge in [-0.15, -0.1) is 0 Å². The number of ether oxygens (including phenoxy) is 3. The number of alkyl carbamates (subject to hydrolysis) is 1. The zero-order chi connectivity index (χ0) is 26.7. The van der Waals surface area contributed by atoms with E-state index in [9.17, 15) is 19.2 Å². The molecule has 0 aliphatic carbocycles. The van der Waals surface area contributed by atoms with Gasteiger partial charge in [0.1, 0.15) is 24.3 Å². The first kappa shape index (κ1) is 28.4.